The van der Waals surface area contributed by atoms with Crippen LogP contribution in [-0.2, 0) is 4.57 Å². The van der Waals surface area contributed by atoms with Gasteiger partial charge in [-0.25, -0.2) is 30.9 Å². The molecule has 0 heterocycles. The molecule has 0 aromatic rings. The predicted molar refractivity (Wildman–Crippen MR) is 42.8 cm³/mol. The fourth-order valence-corrected chi connectivity index (χ4v) is 0.186. The largest absolute Gasteiger partial charge is 2.00 e. The number of halogens is 6. The van der Waals surface area contributed by atoms with E-state index < -0.39 is 26.6 Å². The summed E-state index contributed by atoms with van der Waals surface area (Å²) in [6, 6.07) is 0. The summed E-state index contributed by atoms with van der Waals surface area (Å²) in [6.45, 7) is 0. The zero-order valence-electron chi connectivity index (χ0n) is 7.75. The maximum absolute atomic E-state index is 10.8. The topological polar surface area (TPSA) is 77.8 Å². The fraction of sp³-hybridized carbons (Fsp3) is 0.500. The van der Waals surface area contributed by atoms with E-state index in [-0.39, 0.29) is 30.5 Å². The first-order valence-electron chi connectivity index (χ1n) is 2.49. The third-order valence-corrected chi connectivity index (χ3v) is 0.327. The predicted octanol–water partition coefficient (Wildman–Crippen LogP) is 1.46. The zero-order valence-corrected chi connectivity index (χ0v) is 10.1. The molecule has 4 nitrogen and oxygen atoms in total. The average Bonchev–Trinajstić information content (AvgIpc) is 1.42. The molecule has 0 aromatic carbocycles. The first kappa shape index (κ1) is 25.3. The number of hydrogen-bond acceptors (Lipinski definition) is 1. The Morgan fingerprint density at radius 2 is 1.00 bits per heavy atom. The van der Waals surface area contributed by atoms with Gasteiger partial charge in [-0.2, -0.15) is 0 Å². The molecule has 0 radical (unpaired) electrons. The van der Waals surface area contributed by atoms with Gasteiger partial charge >= 0.3 is 30.9 Å². The molecular formula is C4H7F6MgO4P. The number of rotatable bonds is 0. The van der Waals surface area contributed by atoms with Gasteiger partial charge < -0.3 is 22.1 Å². The normalized spacial score (nSPS) is 11.6. The van der Waals surface area contributed by atoms with E-state index in [1.54, 1.807) is 0 Å². The second kappa shape index (κ2) is 8.53. The molecule has 96 valence electrons. The Hall–Kier alpha value is 0.456. The molecule has 0 amide bonds. The van der Waals surface area contributed by atoms with Crippen LogP contribution in [0.5, 0.6) is 0 Å². The molecule has 0 unspecified atom stereocenters. The van der Waals surface area contributed by atoms with Crippen LogP contribution in [0.15, 0.2) is 0 Å². The Labute approximate surface area is 103 Å². The summed E-state index contributed by atoms with van der Waals surface area (Å²) in [6.07, 6.45) is -12.2. The molecule has 0 saturated heterocycles. The Bertz CT molecular complexity index is 189. The van der Waals surface area contributed by atoms with E-state index in [0.717, 1.165) is 0 Å². The van der Waals surface area contributed by atoms with Crippen molar-refractivity contribution in [2.24, 2.45) is 0 Å². The SMILES string of the molecule is FC(F)(F)[CH-]C(F)(F)F.O=P(O)(O)O.[CH3-].[Mg+2]. The number of hydrogen-bond donors (Lipinski definition) is 3. The summed E-state index contributed by atoms with van der Waals surface area (Å²) >= 11 is 0. The molecule has 0 aliphatic heterocycles. The van der Waals surface area contributed by atoms with Gasteiger partial charge in [0.25, 0.3) is 12.4 Å². The molecule has 0 rings (SSSR count). The number of alkyl halides is 6. The van der Waals surface area contributed by atoms with Crippen molar-refractivity contribution in [3.8, 4) is 0 Å². The van der Waals surface area contributed by atoms with Gasteiger partial charge in [-0.05, 0) is 0 Å². The maximum atomic E-state index is 10.8. The number of phosphoric acid groups is 1. The molecule has 3 N–H and O–H groups in total. The van der Waals surface area contributed by atoms with E-state index in [4.69, 9.17) is 19.2 Å². The van der Waals surface area contributed by atoms with E-state index in [1.165, 1.54) is 0 Å². The summed E-state index contributed by atoms with van der Waals surface area (Å²) in [7, 11) is -4.64. The molecule has 0 aliphatic rings. The van der Waals surface area contributed by atoms with Crippen molar-refractivity contribution < 1.29 is 45.6 Å². The van der Waals surface area contributed by atoms with Gasteiger partial charge in [0.2, 0.25) is 0 Å². The van der Waals surface area contributed by atoms with Crippen molar-refractivity contribution in [3.05, 3.63) is 13.8 Å². The van der Waals surface area contributed by atoms with Gasteiger partial charge in [0.05, 0.1) is 0 Å². The van der Waals surface area contributed by atoms with Crippen LogP contribution in [0, 0.1) is 13.8 Å². The molecular weight excluding hydrogens is 281 g/mol. The molecule has 0 bridgehead atoms. The van der Waals surface area contributed by atoms with Crippen molar-refractivity contribution >= 4 is 30.9 Å². The van der Waals surface area contributed by atoms with Crippen LogP contribution in [0.3, 0.4) is 0 Å². The minimum atomic E-state index is -5.27. The Kier molecular flexibility index (Phi) is 13.5. The second-order valence-corrected chi connectivity index (χ2v) is 2.77. The van der Waals surface area contributed by atoms with Crippen LogP contribution < -0.4 is 0 Å². The van der Waals surface area contributed by atoms with Gasteiger partial charge in [0, 0.05) is 0 Å². The van der Waals surface area contributed by atoms with Crippen molar-refractivity contribution in [2.45, 2.75) is 12.4 Å². The van der Waals surface area contributed by atoms with Crippen molar-refractivity contribution in [3.63, 3.8) is 0 Å². The Balaban J connectivity index is -0.0000000904. The van der Waals surface area contributed by atoms with Gasteiger partial charge in [-0.3, -0.25) is 0 Å². The summed E-state index contributed by atoms with van der Waals surface area (Å²) in [5.74, 6) is 0. The Morgan fingerprint density at radius 1 is 0.875 bits per heavy atom. The van der Waals surface area contributed by atoms with E-state index in [1.807, 2.05) is 0 Å². The van der Waals surface area contributed by atoms with Crippen molar-refractivity contribution in [2.75, 3.05) is 0 Å². The molecule has 0 atom stereocenters. The van der Waals surface area contributed by atoms with Gasteiger partial charge in [-0.15, -0.1) is 6.42 Å². The second-order valence-electron chi connectivity index (χ2n) is 1.74. The molecule has 0 fully saturated rings. The van der Waals surface area contributed by atoms with E-state index >= 15 is 0 Å². The molecule has 0 saturated carbocycles. The summed E-state index contributed by atoms with van der Waals surface area (Å²) in [4.78, 5) is 21.6. The van der Waals surface area contributed by atoms with Gasteiger partial charge in [-0.1, -0.05) is 0 Å². The molecule has 0 aromatic heterocycles. The zero-order chi connectivity index (χ0) is 12.2. The standard InChI is InChI=1S/C3HF6.CH3.Mg.H3O4P/c4-2(5,6)1-3(7,8)9;;;1-5(2,3)4/h1H;1H3;;(H3,1,2,3,4)/q2*-1;+2;. The Morgan fingerprint density at radius 3 is 1.00 bits per heavy atom. The quantitative estimate of drug-likeness (QED) is 0.273. The summed E-state index contributed by atoms with van der Waals surface area (Å²) < 4.78 is 73.5. The molecule has 0 aliphatic carbocycles. The average molecular weight is 288 g/mol. The van der Waals surface area contributed by atoms with Gasteiger partial charge in [0.15, 0.2) is 0 Å². The van der Waals surface area contributed by atoms with E-state index in [9.17, 15) is 26.3 Å². The molecule has 16 heavy (non-hydrogen) atoms. The van der Waals surface area contributed by atoms with Crippen LogP contribution in [0.4, 0.5) is 26.3 Å². The summed E-state index contributed by atoms with van der Waals surface area (Å²) in [5.41, 5.74) is 0. The van der Waals surface area contributed by atoms with Crippen LogP contribution in [-0.4, -0.2) is 50.1 Å². The third kappa shape index (κ3) is 62.8. The summed E-state index contributed by atoms with van der Waals surface area (Å²) in [5, 5.41) is 0. The minimum Gasteiger partial charge on any atom is -0.358 e. The van der Waals surface area contributed by atoms with E-state index in [0.29, 0.717) is 0 Å². The van der Waals surface area contributed by atoms with Crippen LogP contribution >= 0.6 is 7.82 Å². The smallest absolute Gasteiger partial charge is 0.358 e. The van der Waals surface area contributed by atoms with Crippen LogP contribution in [0.25, 0.3) is 0 Å². The van der Waals surface area contributed by atoms with Gasteiger partial charge in [0.1, 0.15) is 0 Å². The maximum Gasteiger partial charge on any atom is 2.00 e. The van der Waals surface area contributed by atoms with Crippen molar-refractivity contribution in [1.82, 2.24) is 0 Å². The fourth-order valence-electron chi connectivity index (χ4n) is 0.186. The monoisotopic (exact) mass is 288 g/mol. The third-order valence-electron chi connectivity index (χ3n) is 0.327. The molecule has 0 spiro atoms. The van der Waals surface area contributed by atoms with E-state index in [2.05, 4.69) is 0 Å². The van der Waals surface area contributed by atoms with Crippen LogP contribution in [0.2, 0.25) is 0 Å². The van der Waals surface area contributed by atoms with Crippen LogP contribution in [0.1, 0.15) is 0 Å². The first-order valence-corrected chi connectivity index (χ1v) is 4.06. The first-order chi connectivity index (χ1) is 5.71. The van der Waals surface area contributed by atoms with Crippen molar-refractivity contribution in [1.29, 1.82) is 0 Å². The minimum absolute atomic E-state index is 0. The molecule has 12 heteroatoms.